The summed E-state index contributed by atoms with van der Waals surface area (Å²) in [5, 5.41) is 18.8. The van der Waals surface area contributed by atoms with Crippen LogP contribution >= 0.6 is 0 Å². The lowest BCUT2D eigenvalue weighted by atomic mass is 9.95. The number of fused-ring (bicyclic) bond motifs is 2. The smallest absolute Gasteiger partial charge is 0.183 e. The fourth-order valence-corrected chi connectivity index (χ4v) is 4.08. The molecule has 0 amide bonds. The molecule has 2 aliphatic heterocycles. The number of halogens is 1. The van der Waals surface area contributed by atoms with Gasteiger partial charge in [0.05, 0.1) is 24.9 Å². The molecule has 2 bridgehead atoms. The van der Waals surface area contributed by atoms with E-state index in [1.807, 2.05) is 36.5 Å². The molecule has 2 N–H and O–H groups in total. The van der Waals surface area contributed by atoms with E-state index in [2.05, 4.69) is 10.4 Å². The van der Waals surface area contributed by atoms with Gasteiger partial charge in [-0.25, -0.2) is 4.39 Å². The van der Waals surface area contributed by atoms with Crippen LogP contribution in [0.25, 0.3) is 11.1 Å². The fourth-order valence-electron chi connectivity index (χ4n) is 4.08. The average molecular weight is 395 g/mol. The minimum absolute atomic E-state index is 0.275. The molecule has 0 aliphatic carbocycles. The van der Waals surface area contributed by atoms with E-state index in [4.69, 9.17) is 9.47 Å². The van der Waals surface area contributed by atoms with E-state index >= 15 is 0 Å². The summed E-state index contributed by atoms with van der Waals surface area (Å²) in [7, 11) is 0. The lowest BCUT2D eigenvalue weighted by Gasteiger charge is -2.38. The number of rotatable bonds is 5. The predicted molar refractivity (Wildman–Crippen MR) is 104 cm³/mol. The second-order valence-corrected chi connectivity index (χ2v) is 7.43. The Hall–Kier alpha value is -2.58. The molecule has 1 aromatic heterocycles. The Morgan fingerprint density at radius 3 is 2.72 bits per heavy atom. The third kappa shape index (κ3) is 3.47. The van der Waals surface area contributed by atoms with Gasteiger partial charge in [0.15, 0.2) is 6.29 Å². The zero-order valence-electron chi connectivity index (χ0n) is 15.7. The summed E-state index contributed by atoms with van der Waals surface area (Å²) in [4.78, 5) is 0. The minimum atomic E-state index is -0.795. The Labute approximate surface area is 167 Å². The molecule has 6 nitrogen and oxygen atoms in total. The number of nitrogens with zero attached hydrogens (tertiary/aromatic N) is 2. The van der Waals surface area contributed by atoms with Crippen molar-refractivity contribution in [3.05, 3.63) is 78.4 Å². The Morgan fingerprint density at radius 1 is 1.10 bits per heavy atom. The molecule has 29 heavy (non-hydrogen) atoms. The van der Waals surface area contributed by atoms with Crippen LogP contribution < -0.4 is 5.32 Å². The van der Waals surface area contributed by atoms with E-state index < -0.39 is 24.5 Å². The van der Waals surface area contributed by atoms with Crippen LogP contribution in [0.4, 0.5) is 4.39 Å². The molecule has 0 spiro atoms. The van der Waals surface area contributed by atoms with Gasteiger partial charge in [-0.05, 0) is 11.6 Å². The van der Waals surface area contributed by atoms with E-state index in [1.165, 1.54) is 6.07 Å². The zero-order chi connectivity index (χ0) is 19.8. The first kappa shape index (κ1) is 18.4. The summed E-state index contributed by atoms with van der Waals surface area (Å²) >= 11 is 0. The van der Waals surface area contributed by atoms with E-state index in [1.54, 1.807) is 29.1 Å². The molecule has 3 aromatic rings. The zero-order valence-corrected chi connectivity index (χ0v) is 15.7. The Morgan fingerprint density at radius 2 is 1.90 bits per heavy atom. The highest BCUT2D eigenvalue weighted by Crippen LogP contribution is 2.36. The largest absolute Gasteiger partial charge is 0.389 e. The molecule has 150 valence electrons. The molecular weight excluding hydrogens is 373 g/mol. The van der Waals surface area contributed by atoms with Crippen LogP contribution in [-0.2, 0) is 16.0 Å². The molecular formula is C22H22FN3O3. The van der Waals surface area contributed by atoms with Crippen molar-refractivity contribution in [2.24, 2.45) is 0 Å². The van der Waals surface area contributed by atoms with Crippen molar-refractivity contribution in [3.63, 3.8) is 0 Å². The summed E-state index contributed by atoms with van der Waals surface area (Å²) in [6, 6.07) is 15.6. The molecule has 3 heterocycles. The number of hydrogen-bond donors (Lipinski definition) is 2. The van der Waals surface area contributed by atoms with Crippen molar-refractivity contribution in [2.45, 2.75) is 37.1 Å². The third-order valence-electron chi connectivity index (χ3n) is 5.63. The summed E-state index contributed by atoms with van der Waals surface area (Å²) in [6.45, 7) is 0.667. The molecule has 0 unspecified atom stereocenters. The molecule has 7 heteroatoms. The number of benzene rings is 2. The number of hydrogen-bond acceptors (Lipinski definition) is 5. The second kappa shape index (κ2) is 7.68. The predicted octanol–water partition coefficient (Wildman–Crippen LogP) is 2.50. The van der Waals surface area contributed by atoms with Crippen LogP contribution in [0.5, 0.6) is 0 Å². The first-order chi connectivity index (χ1) is 14.2. The highest BCUT2D eigenvalue weighted by molar-refractivity contribution is 5.61. The maximum Gasteiger partial charge on any atom is 0.183 e. The van der Waals surface area contributed by atoms with Gasteiger partial charge in [0.1, 0.15) is 18.0 Å². The lowest BCUT2D eigenvalue weighted by Crippen LogP contribution is -2.57. The molecule has 2 saturated heterocycles. The molecule has 0 saturated carbocycles. The maximum atomic E-state index is 14.0. The first-order valence-electron chi connectivity index (χ1n) is 9.72. The maximum absolute atomic E-state index is 14.0. The number of aliphatic hydroxyl groups excluding tert-OH is 1. The van der Waals surface area contributed by atoms with E-state index in [-0.39, 0.29) is 11.9 Å². The summed E-state index contributed by atoms with van der Waals surface area (Å²) in [5.74, 6) is -0.275. The summed E-state index contributed by atoms with van der Waals surface area (Å²) in [5.41, 5.74) is 2.54. The number of nitrogens with one attached hydrogen (secondary N) is 1. The Kier molecular flexibility index (Phi) is 4.89. The quantitative estimate of drug-likeness (QED) is 0.695. The highest BCUT2D eigenvalue weighted by Gasteiger charge is 2.51. The molecule has 5 atom stereocenters. The van der Waals surface area contributed by atoms with Crippen molar-refractivity contribution in [1.29, 1.82) is 0 Å². The minimum Gasteiger partial charge on any atom is -0.389 e. The SMILES string of the molecule is O[C@H]1[C@H](NCc2ccccc2F)[C@H]2CO[C@H](O2)[C@@H]1n1cc(-c2ccccc2)cn1. The van der Waals surface area contributed by atoms with Crippen molar-refractivity contribution < 1.29 is 19.0 Å². The van der Waals surface area contributed by atoms with Crippen LogP contribution in [0.3, 0.4) is 0 Å². The molecule has 2 fully saturated rings. The number of aromatic nitrogens is 2. The van der Waals surface area contributed by atoms with Crippen molar-refractivity contribution in [2.75, 3.05) is 6.61 Å². The van der Waals surface area contributed by atoms with Crippen LogP contribution in [0.2, 0.25) is 0 Å². The van der Waals surface area contributed by atoms with Crippen LogP contribution in [0, 0.1) is 5.82 Å². The van der Waals surface area contributed by atoms with Crippen molar-refractivity contribution >= 4 is 0 Å². The number of aliphatic hydroxyl groups is 1. The molecule has 2 aliphatic rings. The highest BCUT2D eigenvalue weighted by atomic mass is 19.1. The van der Waals surface area contributed by atoms with Crippen LogP contribution in [0.1, 0.15) is 11.6 Å². The topological polar surface area (TPSA) is 68.5 Å². The van der Waals surface area contributed by atoms with Gasteiger partial charge in [-0.3, -0.25) is 4.68 Å². The summed E-state index contributed by atoms with van der Waals surface area (Å²) < 4.78 is 27.4. The Balaban J connectivity index is 1.37. The third-order valence-corrected chi connectivity index (χ3v) is 5.63. The monoisotopic (exact) mass is 395 g/mol. The fraction of sp³-hybridized carbons (Fsp3) is 0.318. The molecule has 2 aromatic carbocycles. The normalized spacial score (nSPS) is 28.6. The average Bonchev–Trinajstić information content (AvgIpc) is 3.39. The van der Waals surface area contributed by atoms with Gasteiger partial charge < -0.3 is 19.9 Å². The van der Waals surface area contributed by atoms with Gasteiger partial charge in [-0.1, -0.05) is 48.5 Å². The van der Waals surface area contributed by atoms with Gasteiger partial charge in [0.2, 0.25) is 0 Å². The van der Waals surface area contributed by atoms with Crippen LogP contribution in [0.15, 0.2) is 67.0 Å². The molecule has 0 radical (unpaired) electrons. The van der Waals surface area contributed by atoms with Crippen molar-refractivity contribution in [3.8, 4) is 11.1 Å². The lowest BCUT2D eigenvalue weighted by molar-refractivity contribution is -0.168. The van der Waals surface area contributed by atoms with Gasteiger partial charge >= 0.3 is 0 Å². The summed E-state index contributed by atoms with van der Waals surface area (Å²) in [6.07, 6.45) is 2.01. The Bertz CT molecular complexity index is 980. The van der Waals surface area contributed by atoms with E-state index in [9.17, 15) is 9.50 Å². The second-order valence-electron chi connectivity index (χ2n) is 7.43. The van der Waals surface area contributed by atoms with Gasteiger partial charge in [0.25, 0.3) is 0 Å². The van der Waals surface area contributed by atoms with E-state index in [0.717, 1.165) is 11.1 Å². The number of ether oxygens (including phenoxy) is 2. The van der Waals surface area contributed by atoms with Crippen LogP contribution in [-0.4, -0.2) is 46.0 Å². The standard InChI is InChI=1S/C22H22FN3O3/c23-17-9-5-4-8-15(17)10-24-19-18-13-28-22(29-18)20(21(19)27)26-12-16(11-25-26)14-6-2-1-3-7-14/h1-9,11-12,18-22,24,27H,10,13H2/t18-,19-,20-,21+,22-/m1/s1. The van der Waals surface area contributed by atoms with Gasteiger partial charge in [0, 0.05) is 23.9 Å². The van der Waals surface area contributed by atoms with E-state index in [0.29, 0.717) is 18.7 Å². The van der Waals surface area contributed by atoms with Gasteiger partial charge in [-0.15, -0.1) is 0 Å². The van der Waals surface area contributed by atoms with Crippen molar-refractivity contribution in [1.82, 2.24) is 15.1 Å². The van der Waals surface area contributed by atoms with Gasteiger partial charge in [-0.2, -0.15) is 5.10 Å². The molecule has 5 rings (SSSR count). The first-order valence-corrected chi connectivity index (χ1v) is 9.72.